The third-order valence-corrected chi connectivity index (χ3v) is 5.69. The van der Waals surface area contributed by atoms with Crippen LogP contribution in [-0.4, -0.2) is 18.3 Å². The topological polar surface area (TPSA) is 27.7 Å². The van der Waals surface area contributed by atoms with Gasteiger partial charge >= 0.3 is 7.12 Å². The first-order valence-electron chi connectivity index (χ1n) is 8.09. The predicted octanol–water partition coefficient (Wildman–Crippen LogP) is 4.69. The average Bonchev–Trinajstić information content (AvgIpc) is 2.71. The molecule has 0 unspecified atom stereocenters. The molecule has 5 heteroatoms. The largest absolute Gasteiger partial charge is 0.498 e. The number of aryl methyl sites for hydroxylation is 1. The Morgan fingerprint density at radius 3 is 2.17 bits per heavy atom. The number of hydrogen-bond acceptors (Lipinski definition) is 3. The maximum atomic E-state index is 6.25. The molecule has 1 heterocycles. The van der Waals surface area contributed by atoms with Crippen molar-refractivity contribution in [2.45, 2.75) is 45.8 Å². The van der Waals surface area contributed by atoms with Crippen molar-refractivity contribution < 1.29 is 14.0 Å². The Balaban J connectivity index is 1.99. The van der Waals surface area contributed by atoms with E-state index in [1.165, 1.54) is 0 Å². The van der Waals surface area contributed by atoms with Gasteiger partial charge in [-0.05, 0) is 74.9 Å². The standard InChI is InChI=1S/C19H22BIO3/c1-13-9-8-10-14(20-23-18(2,3)19(4,5)24-20)17(13)22-16-12-7-6-11-15(16)21/h6-12H,1-5H3. The molecular weight excluding hydrogens is 414 g/mol. The Kier molecular flexibility index (Phi) is 4.70. The van der Waals surface area contributed by atoms with Crippen LogP contribution in [0.15, 0.2) is 42.5 Å². The highest BCUT2D eigenvalue weighted by atomic mass is 127. The number of halogens is 1. The molecule has 0 aliphatic carbocycles. The Hall–Kier alpha value is -1.05. The number of ether oxygens (including phenoxy) is 1. The van der Waals surface area contributed by atoms with E-state index in [4.69, 9.17) is 14.0 Å². The zero-order valence-corrected chi connectivity index (χ0v) is 16.9. The van der Waals surface area contributed by atoms with Gasteiger partial charge in [0.25, 0.3) is 0 Å². The summed E-state index contributed by atoms with van der Waals surface area (Å²) in [4.78, 5) is 0. The van der Waals surface area contributed by atoms with E-state index in [1.807, 2.05) is 49.4 Å². The molecule has 0 radical (unpaired) electrons. The lowest BCUT2D eigenvalue weighted by molar-refractivity contribution is 0.00578. The highest BCUT2D eigenvalue weighted by Gasteiger charge is 2.52. The fourth-order valence-corrected chi connectivity index (χ4v) is 3.11. The van der Waals surface area contributed by atoms with Gasteiger partial charge in [0, 0.05) is 5.46 Å². The molecule has 0 amide bonds. The lowest BCUT2D eigenvalue weighted by Crippen LogP contribution is -2.41. The monoisotopic (exact) mass is 436 g/mol. The summed E-state index contributed by atoms with van der Waals surface area (Å²) < 4.78 is 19.7. The molecule has 24 heavy (non-hydrogen) atoms. The van der Waals surface area contributed by atoms with Gasteiger partial charge in [-0.25, -0.2) is 0 Å². The molecule has 2 aromatic carbocycles. The molecule has 0 N–H and O–H groups in total. The Labute approximate surface area is 158 Å². The van der Waals surface area contributed by atoms with Crippen LogP contribution in [0.1, 0.15) is 33.3 Å². The number of hydrogen-bond donors (Lipinski definition) is 0. The van der Waals surface area contributed by atoms with Gasteiger partial charge in [-0.3, -0.25) is 0 Å². The summed E-state index contributed by atoms with van der Waals surface area (Å²) in [6.07, 6.45) is 0. The van der Waals surface area contributed by atoms with Crippen molar-refractivity contribution in [3.63, 3.8) is 0 Å². The molecule has 126 valence electrons. The summed E-state index contributed by atoms with van der Waals surface area (Å²) in [5, 5.41) is 0. The second kappa shape index (κ2) is 6.35. The van der Waals surface area contributed by atoms with Crippen molar-refractivity contribution in [2.24, 2.45) is 0 Å². The Morgan fingerprint density at radius 1 is 0.917 bits per heavy atom. The van der Waals surface area contributed by atoms with E-state index in [1.54, 1.807) is 0 Å². The van der Waals surface area contributed by atoms with Crippen LogP contribution in [0.25, 0.3) is 0 Å². The molecule has 3 rings (SSSR count). The molecule has 1 aliphatic rings. The molecule has 1 aliphatic heterocycles. The van der Waals surface area contributed by atoms with E-state index in [2.05, 4.69) is 50.3 Å². The zero-order valence-electron chi connectivity index (χ0n) is 14.7. The van der Waals surface area contributed by atoms with Crippen LogP contribution in [0.5, 0.6) is 11.5 Å². The fourth-order valence-electron chi connectivity index (χ4n) is 2.61. The minimum Gasteiger partial charge on any atom is -0.456 e. The van der Waals surface area contributed by atoms with Gasteiger partial charge in [0.2, 0.25) is 0 Å². The van der Waals surface area contributed by atoms with Crippen molar-refractivity contribution in [3.05, 3.63) is 51.6 Å². The highest BCUT2D eigenvalue weighted by Crippen LogP contribution is 2.38. The SMILES string of the molecule is Cc1cccc(B2OC(C)(C)C(C)(C)O2)c1Oc1ccccc1I. The molecule has 0 atom stereocenters. The predicted molar refractivity (Wildman–Crippen MR) is 106 cm³/mol. The molecule has 2 aromatic rings. The minimum absolute atomic E-state index is 0.375. The molecule has 3 nitrogen and oxygen atoms in total. The number of rotatable bonds is 3. The summed E-state index contributed by atoms with van der Waals surface area (Å²) in [5.41, 5.74) is 1.23. The number of benzene rings is 2. The number of para-hydroxylation sites is 2. The molecule has 1 fully saturated rings. The van der Waals surface area contributed by atoms with E-state index in [0.717, 1.165) is 26.1 Å². The lowest BCUT2D eigenvalue weighted by Gasteiger charge is -2.32. The van der Waals surface area contributed by atoms with Crippen molar-refractivity contribution >= 4 is 35.2 Å². The van der Waals surface area contributed by atoms with Crippen molar-refractivity contribution in [2.75, 3.05) is 0 Å². The normalized spacial score (nSPS) is 18.7. The second-order valence-corrected chi connectivity index (χ2v) is 8.28. The van der Waals surface area contributed by atoms with Crippen LogP contribution in [0, 0.1) is 10.5 Å². The first-order chi connectivity index (χ1) is 11.2. The van der Waals surface area contributed by atoms with Gasteiger partial charge in [0.1, 0.15) is 11.5 Å². The third-order valence-electron chi connectivity index (χ3n) is 4.80. The summed E-state index contributed by atoms with van der Waals surface area (Å²) in [6.45, 7) is 10.3. The van der Waals surface area contributed by atoms with E-state index in [-0.39, 0.29) is 11.2 Å². The van der Waals surface area contributed by atoms with Crippen molar-refractivity contribution in [1.82, 2.24) is 0 Å². The van der Waals surface area contributed by atoms with Gasteiger partial charge < -0.3 is 14.0 Å². The lowest BCUT2D eigenvalue weighted by atomic mass is 9.77. The molecule has 1 saturated heterocycles. The zero-order chi connectivity index (χ0) is 17.5. The van der Waals surface area contributed by atoms with Gasteiger partial charge in [-0.1, -0.05) is 30.3 Å². The first kappa shape index (κ1) is 17.8. The highest BCUT2D eigenvalue weighted by molar-refractivity contribution is 14.1. The third kappa shape index (κ3) is 3.21. The maximum absolute atomic E-state index is 6.25. The van der Waals surface area contributed by atoms with E-state index < -0.39 is 7.12 Å². The first-order valence-corrected chi connectivity index (χ1v) is 9.17. The molecule has 0 bridgehead atoms. The minimum atomic E-state index is -0.439. The van der Waals surface area contributed by atoms with Gasteiger partial charge in [-0.2, -0.15) is 0 Å². The molecule has 0 aromatic heterocycles. The van der Waals surface area contributed by atoms with Crippen LogP contribution in [0.2, 0.25) is 0 Å². The average molecular weight is 436 g/mol. The summed E-state index contributed by atoms with van der Waals surface area (Å²) in [5.74, 6) is 1.64. The van der Waals surface area contributed by atoms with Crippen LogP contribution in [-0.2, 0) is 9.31 Å². The fraction of sp³-hybridized carbons (Fsp3) is 0.368. The Bertz CT molecular complexity index is 742. The van der Waals surface area contributed by atoms with Gasteiger partial charge in [-0.15, -0.1) is 0 Å². The van der Waals surface area contributed by atoms with Crippen LogP contribution >= 0.6 is 22.6 Å². The summed E-state index contributed by atoms with van der Waals surface area (Å²) in [7, 11) is -0.439. The maximum Gasteiger partial charge on any atom is 0.498 e. The smallest absolute Gasteiger partial charge is 0.456 e. The van der Waals surface area contributed by atoms with Crippen LogP contribution in [0.3, 0.4) is 0 Å². The van der Waals surface area contributed by atoms with E-state index >= 15 is 0 Å². The van der Waals surface area contributed by atoms with E-state index in [9.17, 15) is 0 Å². The van der Waals surface area contributed by atoms with Gasteiger partial charge in [0.15, 0.2) is 0 Å². The van der Waals surface area contributed by atoms with Crippen molar-refractivity contribution in [3.8, 4) is 11.5 Å². The van der Waals surface area contributed by atoms with Crippen molar-refractivity contribution in [1.29, 1.82) is 0 Å². The van der Waals surface area contributed by atoms with Crippen LogP contribution in [0.4, 0.5) is 0 Å². The molecule has 0 spiro atoms. The van der Waals surface area contributed by atoms with E-state index in [0.29, 0.717) is 0 Å². The van der Waals surface area contributed by atoms with Crippen LogP contribution < -0.4 is 10.2 Å². The molecular formula is C19H22BIO3. The van der Waals surface area contributed by atoms with Gasteiger partial charge in [0.05, 0.1) is 14.8 Å². The summed E-state index contributed by atoms with van der Waals surface area (Å²) in [6, 6.07) is 14.1. The second-order valence-electron chi connectivity index (χ2n) is 7.11. The summed E-state index contributed by atoms with van der Waals surface area (Å²) >= 11 is 2.28. The quantitative estimate of drug-likeness (QED) is 0.517. The Morgan fingerprint density at radius 2 is 1.54 bits per heavy atom. The molecule has 0 saturated carbocycles.